The molecule has 0 aromatic carbocycles. The monoisotopic (exact) mass is 158 g/mol. The number of rotatable bonds is 2. The van der Waals surface area contributed by atoms with Crippen LogP contribution in [0.4, 0.5) is 0 Å². The molecule has 0 atom stereocenters. The van der Waals surface area contributed by atoms with E-state index in [2.05, 4.69) is 9.97 Å². The zero-order chi connectivity index (χ0) is 7.40. The Hall–Kier alpha value is -0.830. The summed E-state index contributed by atoms with van der Waals surface area (Å²) in [6.07, 6.45) is 3.13. The molecule has 54 valence electrons. The molecule has 0 bridgehead atoms. The van der Waals surface area contributed by atoms with Crippen molar-refractivity contribution in [2.75, 3.05) is 7.11 Å². The zero-order valence-corrected chi connectivity index (χ0v) is 6.30. The van der Waals surface area contributed by atoms with E-state index in [9.17, 15) is 0 Å². The zero-order valence-electron chi connectivity index (χ0n) is 5.54. The molecule has 3 nitrogen and oxygen atoms in total. The molecule has 1 aromatic rings. The van der Waals surface area contributed by atoms with E-state index >= 15 is 0 Å². The first-order valence-corrected chi connectivity index (χ1v) is 3.31. The first-order valence-electron chi connectivity index (χ1n) is 2.77. The van der Waals surface area contributed by atoms with Gasteiger partial charge < -0.3 is 4.74 Å². The molecule has 0 aliphatic carbocycles. The van der Waals surface area contributed by atoms with Gasteiger partial charge in [0.25, 0.3) is 0 Å². The van der Waals surface area contributed by atoms with E-state index in [-0.39, 0.29) is 0 Å². The fourth-order valence-corrected chi connectivity index (χ4v) is 0.655. The van der Waals surface area contributed by atoms with Gasteiger partial charge in [-0.15, -0.1) is 11.6 Å². The molecule has 0 saturated heterocycles. The average Bonchev–Trinajstić information content (AvgIpc) is 2.05. The van der Waals surface area contributed by atoms with Crippen molar-refractivity contribution in [3.05, 3.63) is 18.1 Å². The van der Waals surface area contributed by atoms with Crippen LogP contribution in [0.1, 0.15) is 5.69 Å². The van der Waals surface area contributed by atoms with Crippen molar-refractivity contribution in [2.24, 2.45) is 0 Å². The van der Waals surface area contributed by atoms with Gasteiger partial charge in [-0.3, -0.25) is 4.98 Å². The number of alkyl halides is 1. The van der Waals surface area contributed by atoms with Gasteiger partial charge in [-0.2, -0.15) is 0 Å². The van der Waals surface area contributed by atoms with Gasteiger partial charge in [0.1, 0.15) is 0 Å². The van der Waals surface area contributed by atoms with E-state index in [1.165, 1.54) is 6.20 Å². The second-order valence-electron chi connectivity index (χ2n) is 1.68. The summed E-state index contributed by atoms with van der Waals surface area (Å²) in [5.74, 6) is 0.894. The van der Waals surface area contributed by atoms with Crippen molar-refractivity contribution in [1.82, 2.24) is 9.97 Å². The Labute approximate surface area is 64.0 Å². The van der Waals surface area contributed by atoms with Crippen LogP contribution in [-0.4, -0.2) is 17.1 Å². The van der Waals surface area contributed by atoms with Gasteiger partial charge >= 0.3 is 0 Å². The summed E-state index contributed by atoms with van der Waals surface area (Å²) >= 11 is 5.48. The Balaban J connectivity index is 2.80. The van der Waals surface area contributed by atoms with Crippen LogP contribution < -0.4 is 4.74 Å². The maximum absolute atomic E-state index is 5.48. The summed E-state index contributed by atoms with van der Waals surface area (Å²) in [6.45, 7) is 0. The second kappa shape index (κ2) is 3.37. The molecule has 4 heteroatoms. The highest BCUT2D eigenvalue weighted by Crippen LogP contribution is 2.03. The number of nitrogens with zero attached hydrogens (tertiary/aromatic N) is 2. The highest BCUT2D eigenvalue weighted by atomic mass is 35.5. The van der Waals surface area contributed by atoms with Crippen molar-refractivity contribution >= 4 is 11.6 Å². The molecule has 0 spiro atoms. The van der Waals surface area contributed by atoms with Crippen LogP contribution in [0, 0.1) is 0 Å². The molecule has 0 N–H and O–H groups in total. The first kappa shape index (κ1) is 7.28. The van der Waals surface area contributed by atoms with Gasteiger partial charge in [0.15, 0.2) is 0 Å². The Morgan fingerprint density at radius 2 is 2.30 bits per heavy atom. The van der Waals surface area contributed by atoms with Gasteiger partial charge in [0.05, 0.1) is 31.1 Å². The predicted molar refractivity (Wildman–Crippen MR) is 38.1 cm³/mol. The van der Waals surface area contributed by atoms with Gasteiger partial charge in [0, 0.05) is 0 Å². The minimum absolute atomic E-state index is 0.386. The SMILES string of the molecule is COc1cnc(CCl)cn1. The van der Waals surface area contributed by atoms with Gasteiger partial charge in [-0.1, -0.05) is 0 Å². The van der Waals surface area contributed by atoms with E-state index in [4.69, 9.17) is 16.3 Å². The number of halogens is 1. The van der Waals surface area contributed by atoms with Crippen molar-refractivity contribution in [1.29, 1.82) is 0 Å². The summed E-state index contributed by atoms with van der Waals surface area (Å²) in [4.78, 5) is 7.85. The minimum atomic E-state index is 0.386. The highest BCUT2D eigenvalue weighted by Gasteiger charge is 1.93. The largest absolute Gasteiger partial charge is 0.480 e. The lowest BCUT2D eigenvalue weighted by Crippen LogP contribution is -1.91. The van der Waals surface area contributed by atoms with Crippen molar-refractivity contribution in [2.45, 2.75) is 5.88 Å². The van der Waals surface area contributed by atoms with Crippen molar-refractivity contribution in [3.8, 4) is 5.88 Å². The quantitative estimate of drug-likeness (QED) is 0.608. The molecule has 0 fully saturated rings. The molecule has 0 amide bonds. The van der Waals surface area contributed by atoms with Crippen LogP contribution in [0.5, 0.6) is 5.88 Å². The summed E-state index contributed by atoms with van der Waals surface area (Å²) in [7, 11) is 1.55. The van der Waals surface area contributed by atoms with E-state index in [0.29, 0.717) is 11.8 Å². The van der Waals surface area contributed by atoms with Crippen LogP contribution in [0.15, 0.2) is 12.4 Å². The normalized spacial score (nSPS) is 9.40. The highest BCUT2D eigenvalue weighted by molar-refractivity contribution is 6.16. The standard InChI is InChI=1S/C6H7ClN2O/c1-10-6-4-8-5(2-7)3-9-6/h3-4H,2H2,1H3. The fourth-order valence-electron chi connectivity index (χ4n) is 0.517. The van der Waals surface area contributed by atoms with Crippen LogP contribution in [-0.2, 0) is 5.88 Å². The molecule has 0 aliphatic heterocycles. The lowest BCUT2D eigenvalue weighted by atomic mass is 10.5. The Morgan fingerprint density at radius 1 is 1.50 bits per heavy atom. The van der Waals surface area contributed by atoms with Crippen LogP contribution in [0.2, 0.25) is 0 Å². The summed E-state index contributed by atoms with van der Waals surface area (Å²) in [6, 6.07) is 0. The smallest absolute Gasteiger partial charge is 0.231 e. The first-order chi connectivity index (χ1) is 4.86. The van der Waals surface area contributed by atoms with E-state index in [1.807, 2.05) is 0 Å². The average molecular weight is 159 g/mol. The molecular formula is C6H7ClN2O. The lowest BCUT2D eigenvalue weighted by Gasteiger charge is -1.96. The van der Waals surface area contributed by atoms with Gasteiger partial charge in [-0.05, 0) is 0 Å². The Kier molecular flexibility index (Phi) is 2.45. The van der Waals surface area contributed by atoms with Gasteiger partial charge in [0.2, 0.25) is 5.88 Å². The topological polar surface area (TPSA) is 35.0 Å². The summed E-state index contributed by atoms with van der Waals surface area (Å²) in [5.41, 5.74) is 0.752. The number of aromatic nitrogens is 2. The van der Waals surface area contributed by atoms with Crippen molar-refractivity contribution in [3.63, 3.8) is 0 Å². The van der Waals surface area contributed by atoms with Gasteiger partial charge in [-0.25, -0.2) is 4.98 Å². The molecule has 1 aromatic heterocycles. The maximum Gasteiger partial charge on any atom is 0.231 e. The molecule has 0 aliphatic rings. The molecule has 0 unspecified atom stereocenters. The number of methoxy groups -OCH3 is 1. The molecule has 1 rings (SSSR count). The second-order valence-corrected chi connectivity index (χ2v) is 1.95. The van der Waals surface area contributed by atoms with E-state index in [1.54, 1.807) is 13.3 Å². The summed E-state index contributed by atoms with van der Waals surface area (Å²) < 4.78 is 4.80. The number of hydrogen-bond donors (Lipinski definition) is 0. The third-order valence-electron chi connectivity index (χ3n) is 1.03. The predicted octanol–water partition coefficient (Wildman–Crippen LogP) is 1.22. The summed E-state index contributed by atoms with van der Waals surface area (Å²) in [5, 5.41) is 0. The fraction of sp³-hybridized carbons (Fsp3) is 0.333. The lowest BCUT2D eigenvalue weighted by molar-refractivity contribution is 0.395. The third-order valence-corrected chi connectivity index (χ3v) is 1.30. The Morgan fingerprint density at radius 3 is 2.70 bits per heavy atom. The van der Waals surface area contributed by atoms with Crippen LogP contribution in [0.3, 0.4) is 0 Å². The van der Waals surface area contributed by atoms with Crippen LogP contribution >= 0.6 is 11.6 Å². The number of ether oxygens (including phenoxy) is 1. The Bertz CT molecular complexity index is 176. The number of hydrogen-bond acceptors (Lipinski definition) is 3. The van der Waals surface area contributed by atoms with E-state index < -0.39 is 0 Å². The van der Waals surface area contributed by atoms with E-state index in [0.717, 1.165) is 5.69 Å². The minimum Gasteiger partial charge on any atom is -0.480 e. The molecule has 1 heterocycles. The van der Waals surface area contributed by atoms with Crippen LogP contribution in [0.25, 0.3) is 0 Å². The molecule has 0 radical (unpaired) electrons. The molecule has 10 heavy (non-hydrogen) atoms. The van der Waals surface area contributed by atoms with Crippen molar-refractivity contribution < 1.29 is 4.74 Å². The maximum atomic E-state index is 5.48. The molecule has 0 saturated carbocycles. The molecular weight excluding hydrogens is 152 g/mol. The third kappa shape index (κ3) is 1.57.